The zero-order valence-electron chi connectivity index (χ0n) is 10.1. The summed E-state index contributed by atoms with van der Waals surface area (Å²) in [6.07, 6.45) is 0. The Morgan fingerprint density at radius 1 is 1.29 bits per heavy atom. The molecule has 0 aliphatic carbocycles. The highest BCUT2D eigenvalue weighted by molar-refractivity contribution is 5.52. The molecule has 1 saturated heterocycles. The summed E-state index contributed by atoms with van der Waals surface area (Å²) in [5, 5.41) is 12.3. The lowest BCUT2D eigenvalue weighted by Crippen LogP contribution is -2.54. The summed E-state index contributed by atoms with van der Waals surface area (Å²) in [5.41, 5.74) is 1.17. The van der Waals surface area contributed by atoms with Crippen molar-refractivity contribution in [1.29, 1.82) is 5.26 Å². The molecular weight excluding hydrogens is 217 g/mol. The molecule has 2 atom stereocenters. The van der Waals surface area contributed by atoms with Gasteiger partial charge in [0.2, 0.25) is 0 Å². The first-order valence-corrected chi connectivity index (χ1v) is 5.80. The average molecular weight is 233 g/mol. The fourth-order valence-corrected chi connectivity index (χ4v) is 2.36. The maximum Gasteiger partial charge on any atom is 0.126 e. The molecule has 0 aromatic heterocycles. The van der Waals surface area contributed by atoms with E-state index in [1.54, 1.807) is 6.07 Å². The summed E-state index contributed by atoms with van der Waals surface area (Å²) >= 11 is 0. The molecule has 0 spiro atoms. The first kappa shape index (κ1) is 11.9. The zero-order valence-corrected chi connectivity index (χ0v) is 10.1. The molecule has 1 heterocycles. The number of nitrogens with one attached hydrogen (secondary N) is 1. The molecule has 4 heteroatoms. The van der Waals surface area contributed by atoms with Crippen molar-refractivity contribution >= 4 is 5.69 Å². The van der Waals surface area contributed by atoms with E-state index in [-0.39, 0.29) is 5.82 Å². The molecule has 2 unspecified atom stereocenters. The number of halogens is 1. The molecule has 1 aliphatic heterocycles. The van der Waals surface area contributed by atoms with Gasteiger partial charge >= 0.3 is 0 Å². The van der Waals surface area contributed by atoms with Gasteiger partial charge in [-0.2, -0.15) is 5.26 Å². The molecule has 1 N–H and O–H groups in total. The van der Waals surface area contributed by atoms with E-state index in [9.17, 15) is 4.39 Å². The minimum atomic E-state index is -0.349. The minimum Gasteiger partial charge on any atom is -0.368 e. The van der Waals surface area contributed by atoms with Crippen molar-refractivity contribution in [2.45, 2.75) is 25.9 Å². The fraction of sp³-hybridized carbons (Fsp3) is 0.462. The van der Waals surface area contributed by atoms with Crippen molar-refractivity contribution in [1.82, 2.24) is 5.32 Å². The van der Waals surface area contributed by atoms with Crippen molar-refractivity contribution in [2.75, 3.05) is 18.0 Å². The van der Waals surface area contributed by atoms with Gasteiger partial charge in [0, 0.05) is 30.9 Å². The number of benzene rings is 1. The van der Waals surface area contributed by atoms with E-state index >= 15 is 0 Å². The van der Waals surface area contributed by atoms with Gasteiger partial charge in [-0.3, -0.25) is 0 Å². The summed E-state index contributed by atoms with van der Waals surface area (Å²) in [4.78, 5) is 2.12. The molecule has 1 aliphatic rings. The van der Waals surface area contributed by atoms with Gasteiger partial charge in [-0.25, -0.2) is 4.39 Å². The lowest BCUT2D eigenvalue weighted by Gasteiger charge is -2.37. The second-order valence-electron chi connectivity index (χ2n) is 4.68. The van der Waals surface area contributed by atoms with Crippen LogP contribution in [0.25, 0.3) is 0 Å². The Kier molecular flexibility index (Phi) is 3.30. The van der Waals surface area contributed by atoms with Crippen LogP contribution in [0.5, 0.6) is 0 Å². The largest absolute Gasteiger partial charge is 0.368 e. The Morgan fingerprint density at radius 2 is 1.94 bits per heavy atom. The van der Waals surface area contributed by atoms with Crippen molar-refractivity contribution in [3.05, 3.63) is 29.6 Å². The number of hydrogen-bond acceptors (Lipinski definition) is 3. The lowest BCUT2D eigenvalue weighted by molar-refractivity contribution is 0.406. The van der Waals surface area contributed by atoms with Crippen LogP contribution in [0.15, 0.2) is 18.2 Å². The van der Waals surface area contributed by atoms with Crippen molar-refractivity contribution in [2.24, 2.45) is 0 Å². The van der Waals surface area contributed by atoms with Crippen LogP contribution in [0.2, 0.25) is 0 Å². The molecule has 0 radical (unpaired) electrons. The van der Waals surface area contributed by atoms with Crippen LogP contribution >= 0.6 is 0 Å². The van der Waals surface area contributed by atoms with Crippen LogP contribution < -0.4 is 10.2 Å². The number of nitriles is 1. The van der Waals surface area contributed by atoms with Gasteiger partial charge < -0.3 is 10.2 Å². The predicted octanol–water partition coefficient (Wildman–Crippen LogP) is 1.88. The molecule has 0 bridgehead atoms. The van der Waals surface area contributed by atoms with E-state index in [0.717, 1.165) is 18.8 Å². The Hall–Kier alpha value is -1.60. The fourth-order valence-electron chi connectivity index (χ4n) is 2.36. The van der Waals surface area contributed by atoms with E-state index in [4.69, 9.17) is 5.26 Å². The Morgan fingerprint density at radius 3 is 2.53 bits per heavy atom. The summed E-state index contributed by atoms with van der Waals surface area (Å²) in [6.45, 7) is 5.87. The van der Waals surface area contributed by atoms with Crippen molar-refractivity contribution < 1.29 is 4.39 Å². The highest BCUT2D eigenvalue weighted by atomic mass is 19.1. The number of piperazine rings is 1. The minimum absolute atomic E-state index is 0.349. The molecule has 1 fully saturated rings. The van der Waals surface area contributed by atoms with Gasteiger partial charge in [0.15, 0.2) is 0 Å². The number of nitrogens with zero attached hydrogens (tertiary/aromatic N) is 2. The highest BCUT2D eigenvalue weighted by Crippen LogP contribution is 2.20. The van der Waals surface area contributed by atoms with Crippen molar-refractivity contribution in [3.63, 3.8) is 0 Å². The Labute approximate surface area is 101 Å². The molecule has 0 amide bonds. The molecule has 1 aromatic rings. The first-order valence-electron chi connectivity index (χ1n) is 5.80. The van der Waals surface area contributed by atoms with Crippen LogP contribution in [-0.4, -0.2) is 25.2 Å². The summed E-state index contributed by atoms with van der Waals surface area (Å²) in [7, 11) is 0. The molecule has 90 valence electrons. The maximum atomic E-state index is 13.4. The van der Waals surface area contributed by atoms with E-state index in [1.165, 1.54) is 12.1 Å². The predicted molar refractivity (Wildman–Crippen MR) is 65.4 cm³/mol. The number of rotatable bonds is 1. The molecule has 17 heavy (non-hydrogen) atoms. The third-order valence-corrected chi connectivity index (χ3v) is 2.93. The summed E-state index contributed by atoms with van der Waals surface area (Å²) < 4.78 is 13.4. The summed E-state index contributed by atoms with van der Waals surface area (Å²) in [6, 6.07) is 7.22. The van der Waals surface area contributed by atoms with Gasteiger partial charge in [0.1, 0.15) is 5.82 Å². The van der Waals surface area contributed by atoms with Crippen LogP contribution in [-0.2, 0) is 0 Å². The van der Waals surface area contributed by atoms with Gasteiger partial charge in [-0.15, -0.1) is 0 Å². The normalized spacial score (nSPS) is 24.5. The van der Waals surface area contributed by atoms with Gasteiger partial charge in [0.05, 0.1) is 11.6 Å². The molecular formula is C13H16FN3. The average Bonchev–Trinajstić information content (AvgIpc) is 2.26. The van der Waals surface area contributed by atoms with Crippen LogP contribution in [0.3, 0.4) is 0 Å². The zero-order chi connectivity index (χ0) is 12.4. The molecule has 0 saturated carbocycles. The summed E-state index contributed by atoms with van der Waals surface area (Å²) in [5.74, 6) is -0.349. The first-order chi connectivity index (χ1) is 8.08. The van der Waals surface area contributed by atoms with Gasteiger partial charge in [-0.05, 0) is 32.0 Å². The molecule has 2 rings (SSSR count). The van der Waals surface area contributed by atoms with E-state index in [1.807, 2.05) is 6.07 Å². The van der Waals surface area contributed by atoms with Gasteiger partial charge in [0.25, 0.3) is 0 Å². The maximum absolute atomic E-state index is 13.4. The van der Waals surface area contributed by atoms with Crippen LogP contribution in [0.1, 0.15) is 19.4 Å². The highest BCUT2D eigenvalue weighted by Gasteiger charge is 2.21. The van der Waals surface area contributed by atoms with Gasteiger partial charge in [-0.1, -0.05) is 0 Å². The molecule has 3 nitrogen and oxygen atoms in total. The quantitative estimate of drug-likeness (QED) is 0.805. The lowest BCUT2D eigenvalue weighted by atomic mass is 10.1. The Bertz CT molecular complexity index is 442. The second-order valence-corrected chi connectivity index (χ2v) is 4.68. The second kappa shape index (κ2) is 4.72. The molecule has 1 aromatic carbocycles. The van der Waals surface area contributed by atoms with E-state index in [0.29, 0.717) is 17.6 Å². The smallest absolute Gasteiger partial charge is 0.126 e. The topological polar surface area (TPSA) is 39.1 Å². The SMILES string of the molecule is CC1CN(c2cc(F)cc(C#N)c2)CC(C)N1. The number of hydrogen-bond donors (Lipinski definition) is 1. The van der Waals surface area contributed by atoms with Crippen molar-refractivity contribution in [3.8, 4) is 6.07 Å². The van der Waals surface area contributed by atoms with E-state index in [2.05, 4.69) is 24.1 Å². The Balaban J connectivity index is 2.27. The third kappa shape index (κ3) is 2.75. The van der Waals surface area contributed by atoms with E-state index < -0.39 is 0 Å². The van der Waals surface area contributed by atoms with Crippen LogP contribution in [0.4, 0.5) is 10.1 Å². The van der Waals surface area contributed by atoms with Crippen LogP contribution in [0, 0.1) is 17.1 Å². The monoisotopic (exact) mass is 233 g/mol. The standard InChI is InChI=1S/C13H16FN3/c1-9-7-17(8-10(2)16-9)13-4-11(6-15)3-12(14)5-13/h3-5,9-10,16H,7-8H2,1-2H3. The number of anilines is 1. The third-order valence-electron chi connectivity index (χ3n) is 2.93.